The Kier molecular flexibility index (Phi) is 4.93. The molecule has 1 aromatic carbocycles. The van der Waals surface area contributed by atoms with Gasteiger partial charge < -0.3 is 5.11 Å². The molecule has 2 rings (SSSR count). The summed E-state index contributed by atoms with van der Waals surface area (Å²) in [6.45, 7) is 2.46. The zero-order valence-corrected chi connectivity index (χ0v) is 12.2. The highest BCUT2D eigenvalue weighted by molar-refractivity contribution is 9.10. The minimum absolute atomic E-state index is 0.238. The fourth-order valence-corrected chi connectivity index (χ4v) is 2.90. The van der Waals surface area contributed by atoms with E-state index >= 15 is 0 Å². The second kappa shape index (κ2) is 6.48. The molecule has 0 aromatic heterocycles. The van der Waals surface area contributed by atoms with Gasteiger partial charge in [-0.2, -0.15) is 0 Å². The molecule has 1 aliphatic heterocycles. The number of carboxylic acids is 1. The molecule has 1 saturated heterocycles. The number of hydrogen-bond acceptors (Lipinski definition) is 2. The van der Waals surface area contributed by atoms with E-state index in [0.29, 0.717) is 11.0 Å². The molecule has 1 heterocycles. The zero-order valence-electron chi connectivity index (χ0n) is 10.6. The van der Waals surface area contributed by atoms with E-state index in [-0.39, 0.29) is 18.2 Å². The number of hydrogen-bond donors (Lipinski definition) is 1. The van der Waals surface area contributed by atoms with Crippen LogP contribution in [0, 0.1) is 11.7 Å². The van der Waals surface area contributed by atoms with Crippen molar-refractivity contribution in [1.82, 2.24) is 4.90 Å². The van der Waals surface area contributed by atoms with Gasteiger partial charge in [0, 0.05) is 13.0 Å². The van der Waals surface area contributed by atoms with Crippen molar-refractivity contribution in [2.45, 2.75) is 25.8 Å². The number of aliphatic carboxylic acids is 1. The first kappa shape index (κ1) is 14.5. The smallest absolute Gasteiger partial charge is 0.303 e. The van der Waals surface area contributed by atoms with E-state index in [0.717, 1.165) is 31.5 Å². The van der Waals surface area contributed by atoms with Gasteiger partial charge in [-0.15, -0.1) is 0 Å². The fourth-order valence-electron chi connectivity index (χ4n) is 2.51. The lowest BCUT2D eigenvalue weighted by atomic mass is 9.93. The molecule has 1 N–H and O–H groups in total. The normalized spacial score (nSPS) is 17.6. The third-order valence-electron chi connectivity index (χ3n) is 3.60. The number of carbonyl (C=O) groups is 1. The summed E-state index contributed by atoms with van der Waals surface area (Å²) >= 11 is 3.27. The van der Waals surface area contributed by atoms with Crippen molar-refractivity contribution in [2.75, 3.05) is 13.1 Å². The van der Waals surface area contributed by atoms with Gasteiger partial charge in [0.1, 0.15) is 5.82 Å². The maximum Gasteiger partial charge on any atom is 0.303 e. The van der Waals surface area contributed by atoms with Gasteiger partial charge in [-0.05, 0) is 59.4 Å². The summed E-state index contributed by atoms with van der Waals surface area (Å²) in [7, 11) is 0. The van der Waals surface area contributed by atoms with Crippen LogP contribution in [0.25, 0.3) is 0 Å². The second-order valence-corrected chi connectivity index (χ2v) is 5.82. The van der Waals surface area contributed by atoms with E-state index in [4.69, 9.17) is 5.11 Å². The van der Waals surface area contributed by atoms with E-state index in [1.165, 1.54) is 6.07 Å². The van der Waals surface area contributed by atoms with Crippen LogP contribution in [0.3, 0.4) is 0 Å². The van der Waals surface area contributed by atoms with Crippen LogP contribution in [0.4, 0.5) is 4.39 Å². The monoisotopic (exact) mass is 329 g/mol. The van der Waals surface area contributed by atoms with E-state index in [1.807, 2.05) is 6.07 Å². The molecule has 0 aliphatic carbocycles. The van der Waals surface area contributed by atoms with Gasteiger partial charge >= 0.3 is 5.97 Å². The summed E-state index contributed by atoms with van der Waals surface area (Å²) in [6.07, 6.45) is 2.07. The van der Waals surface area contributed by atoms with Crippen molar-refractivity contribution in [3.05, 3.63) is 34.1 Å². The summed E-state index contributed by atoms with van der Waals surface area (Å²) in [5.74, 6) is -0.672. The molecule has 3 nitrogen and oxygen atoms in total. The van der Waals surface area contributed by atoms with Gasteiger partial charge in [0.15, 0.2) is 0 Å². The molecule has 0 bridgehead atoms. The molecule has 1 fully saturated rings. The summed E-state index contributed by atoms with van der Waals surface area (Å²) in [6, 6.07) is 5.07. The van der Waals surface area contributed by atoms with Crippen LogP contribution in [0.15, 0.2) is 22.7 Å². The predicted molar refractivity (Wildman–Crippen MR) is 74.4 cm³/mol. The van der Waals surface area contributed by atoms with Gasteiger partial charge in [-0.1, -0.05) is 12.1 Å². The third-order valence-corrected chi connectivity index (χ3v) is 4.48. The molecule has 0 spiro atoms. The number of benzene rings is 1. The Morgan fingerprint density at radius 2 is 2.11 bits per heavy atom. The Morgan fingerprint density at radius 1 is 1.42 bits per heavy atom. The Balaban J connectivity index is 1.89. The van der Waals surface area contributed by atoms with Crippen LogP contribution in [0.2, 0.25) is 0 Å². The second-order valence-electron chi connectivity index (χ2n) is 5.03. The molecule has 5 heteroatoms. The van der Waals surface area contributed by atoms with Gasteiger partial charge in [-0.3, -0.25) is 9.69 Å². The van der Waals surface area contributed by atoms with Crippen molar-refractivity contribution < 1.29 is 14.3 Å². The quantitative estimate of drug-likeness (QED) is 0.921. The SMILES string of the molecule is O=C(O)CC1CCN(Cc2cccc(F)c2Br)CC1. The lowest BCUT2D eigenvalue weighted by Crippen LogP contribution is -2.34. The maximum atomic E-state index is 13.4. The number of nitrogens with zero attached hydrogens (tertiary/aromatic N) is 1. The first-order chi connectivity index (χ1) is 9.06. The van der Waals surface area contributed by atoms with Crippen LogP contribution in [0.5, 0.6) is 0 Å². The highest BCUT2D eigenvalue weighted by Gasteiger charge is 2.21. The van der Waals surface area contributed by atoms with Crippen molar-refractivity contribution in [1.29, 1.82) is 0 Å². The molecule has 1 aromatic rings. The van der Waals surface area contributed by atoms with Gasteiger partial charge in [0.2, 0.25) is 0 Å². The van der Waals surface area contributed by atoms with Crippen molar-refractivity contribution in [3.63, 3.8) is 0 Å². The van der Waals surface area contributed by atoms with Crippen LogP contribution in [-0.2, 0) is 11.3 Å². The Labute approximate surface area is 120 Å². The highest BCUT2D eigenvalue weighted by Crippen LogP contribution is 2.25. The number of carboxylic acid groups (broad SMARTS) is 1. The van der Waals surface area contributed by atoms with Gasteiger partial charge in [0.05, 0.1) is 4.47 Å². The van der Waals surface area contributed by atoms with Crippen LogP contribution < -0.4 is 0 Å². The topological polar surface area (TPSA) is 40.5 Å². The fraction of sp³-hybridized carbons (Fsp3) is 0.500. The molecule has 0 unspecified atom stereocenters. The lowest BCUT2D eigenvalue weighted by molar-refractivity contribution is -0.138. The minimum atomic E-state index is -0.716. The largest absolute Gasteiger partial charge is 0.481 e. The molecule has 19 heavy (non-hydrogen) atoms. The molecular formula is C14H17BrFNO2. The maximum absolute atomic E-state index is 13.4. The average Bonchev–Trinajstić information content (AvgIpc) is 2.37. The number of rotatable bonds is 4. The van der Waals surface area contributed by atoms with E-state index in [1.54, 1.807) is 6.07 Å². The molecule has 0 saturated carbocycles. The van der Waals surface area contributed by atoms with E-state index < -0.39 is 5.97 Å². The minimum Gasteiger partial charge on any atom is -0.481 e. The molecule has 0 radical (unpaired) electrons. The number of likely N-dealkylation sites (tertiary alicyclic amines) is 1. The first-order valence-electron chi connectivity index (χ1n) is 6.43. The Hall–Kier alpha value is -0.940. The summed E-state index contributed by atoms with van der Waals surface area (Å²) < 4.78 is 13.9. The average molecular weight is 330 g/mol. The standard InChI is InChI=1S/C14H17BrFNO2/c15-14-11(2-1-3-12(14)16)9-17-6-4-10(5-7-17)8-13(18)19/h1-3,10H,4-9H2,(H,18,19). The summed E-state index contributed by atoms with van der Waals surface area (Å²) in [4.78, 5) is 12.9. The number of halogens is 2. The summed E-state index contributed by atoms with van der Waals surface area (Å²) in [5.41, 5.74) is 0.941. The van der Waals surface area contributed by atoms with Crippen molar-refractivity contribution in [3.8, 4) is 0 Å². The molecule has 0 atom stereocenters. The van der Waals surface area contributed by atoms with Gasteiger partial charge in [-0.25, -0.2) is 4.39 Å². The van der Waals surface area contributed by atoms with E-state index in [2.05, 4.69) is 20.8 Å². The van der Waals surface area contributed by atoms with Gasteiger partial charge in [0.25, 0.3) is 0 Å². The Morgan fingerprint density at radius 3 is 2.74 bits per heavy atom. The van der Waals surface area contributed by atoms with Crippen molar-refractivity contribution >= 4 is 21.9 Å². The molecular weight excluding hydrogens is 313 g/mol. The number of piperidine rings is 1. The molecule has 0 amide bonds. The molecule has 1 aliphatic rings. The van der Waals surface area contributed by atoms with Crippen molar-refractivity contribution in [2.24, 2.45) is 5.92 Å². The molecule has 104 valence electrons. The first-order valence-corrected chi connectivity index (χ1v) is 7.22. The highest BCUT2D eigenvalue weighted by atomic mass is 79.9. The lowest BCUT2D eigenvalue weighted by Gasteiger charge is -2.31. The predicted octanol–water partition coefficient (Wildman–Crippen LogP) is 3.27. The third kappa shape index (κ3) is 4.01. The van der Waals surface area contributed by atoms with Crippen LogP contribution in [-0.4, -0.2) is 29.1 Å². The van der Waals surface area contributed by atoms with Crippen LogP contribution in [0.1, 0.15) is 24.8 Å². The Bertz CT molecular complexity index is 459. The van der Waals surface area contributed by atoms with E-state index in [9.17, 15) is 9.18 Å². The van der Waals surface area contributed by atoms with Crippen LogP contribution >= 0.6 is 15.9 Å². The summed E-state index contributed by atoms with van der Waals surface area (Å²) in [5, 5.41) is 8.77. The zero-order chi connectivity index (χ0) is 13.8.